The minimum absolute atomic E-state index is 0.107. The first kappa shape index (κ1) is 61.1. The fraction of sp³-hybridized carbons (Fsp3) is 0.644. The number of esters is 3. The molecule has 0 aliphatic rings. The summed E-state index contributed by atoms with van der Waals surface area (Å²) >= 11 is 0. The molecule has 0 aromatic carbocycles. The van der Waals surface area contributed by atoms with E-state index in [-0.39, 0.29) is 37.5 Å². The van der Waals surface area contributed by atoms with Crippen LogP contribution in [-0.2, 0) is 28.6 Å². The van der Waals surface area contributed by atoms with Crippen LogP contribution in [0.4, 0.5) is 0 Å². The van der Waals surface area contributed by atoms with Crippen LogP contribution in [0.5, 0.6) is 0 Å². The summed E-state index contributed by atoms with van der Waals surface area (Å²) in [6.07, 6.45) is 70.9. The lowest BCUT2D eigenvalue weighted by molar-refractivity contribution is -0.166. The zero-order valence-electron chi connectivity index (χ0n) is 42.0. The van der Waals surface area contributed by atoms with E-state index in [1.807, 2.05) is 12.2 Å². The highest BCUT2D eigenvalue weighted by Crippen LogP contribution is 2.13. The maximum atomic E-state index is 12.8. The topological polar surface area (TPSA) is 78.9 Å². The molecule has 6 heteroatoms. The first-order valence-corrected chi connectivity index (χ1v) is 26.4. The number of unbranched alkanes of at least 4 members (excludes halogenated alkanes) is 17. The second-order valence-corrected chi connectivity index (χ2v) is 17.1. The van der Waals surface area contributed by atoms with Crippen molar-refractivity contribution in [1.82, 2.24) is 0 Å². The molecule has 6 nitrogen and oxygen atoms in total. The molecule has 0 spiro atoms. The van der Waals surface area contributed by atoms with E-state index in [1.54, 1.807) is 0 Å². The molecule has 0 heterocycles. The first-order chi connectivity index (χ1) is 32.0. The molecule has 1 atom stereocenters. The van der Waals surface area contributed by atoms with Crippen molar-refractivity contribution >= 4 is 17.9 Å². The van der Waals surface area contributed by atoms with Crippen LogP contribution in [0.2, 0.25) is 0 Å². The standard InChI is InChI=1S/C59H96O6/c1-4-7-10-13-16-19-21-23-25-27-29-31-33-35-37-40-43-46-49-52-58(61)64-55-56(54-63-57(60)51-48-45-42-39-18-15-12-9-6-3)65-59(62)53-50-47-44-41-38-36-34-32-30-28-26-24-22-20-17-14-11-8-5-2/h7,10,16-17,19-20,23-26,29-32,35,37,43,46,56H,4-6,8-9,11-15,18,21-22,27-28,33-34,36,38-42,44-45,47-55H2,1-3H3/b10-7-,19-16-,20-17-,25-23-,26-24-,31-29-,32-30-,37-35-,46-43-/t56-/m1/s1. The molecule has 0 saturated carbocycles. The lowest BCUT2D eigenvalue weighted by atomic mass is 10.1. The van der Waals surface area contributed by atoms with Crippen LogP contribution in [0, 0.1) is 0 Å². The third kappa shape index (κ3) is 50.9. The molecule has 0 bridgehead atoms. The molecule has 0 unspecified atom stereocenters. The van der Waals surface area contributed by atoms with E-state index < -0.39 is 6.10 Å². The summed E-state index contributed by atoms with van der Waals surface area (Å²) in [5.41, 5.74) is 0. The van der Waals surface area contributed by atoms with E-state index in [2.05, 4.69) is 118 Å². The van der Waals surface area contributed by atoms with Gasteiger partial charge in [0.15, 0.2) is 6.10 Å². The van der Waals surface area contributed by atoms with Crippen molar-refractivity contribution < 1.29 is 28.6 Å². The summed E-state index contributed by atoms with van der Waals surface area (Å²) in [5.74, 6) is -1.02. The third-order valence-electron chi connectivity index (χ3n) is 10.8. The maximum Gasteiger partial charge on any atom is 0.306 e. The van der Waals surface area contributed by atoms with Crippen molar-refractivity contribution in [2.75, 3.05) is 13.2 Å². The zero-order valence-corrected chi connectivity index (χ0v) is 42.0. The summed E-state index contributed by atoms with van der Waals surface area (Å²) < 4.78 is 16.7. The predicted octanol–water partition coefficient (Wildman–Crippen LogP) is 17.5. The third-order valence-corrected chi connectivity index (χ3v) is 10.8. The smallest absolute Gasteiger partial charge is 0.306 e. The zero-order chi connectivity index (χ0) is 47.2. The summed E-state index contributed by atoms with van der Waals surface area (Å²) in [5, 5.41) is 0. The van der Waals surface area contributed by atoms with E-state index in [9.17, 15) is 14.4 Å². The Hall–Kier alpha value is -3.93. The highest BCUT2D eigenvalue weighted by Gasteiger charge is 2.19. The monoisotopic (exact) mass is 901 g/mol. The summed E-state index contributed by atoms with van der Waals surface area (Å²) in [7, 11) is 0. The van der Waals surface area contributed by atoms with E-state index in [0.717, 1.165) is 103 Å². The number of carbonyl (C=O) groups is 3. The fourth-order valence-electron chi connectivity index (χ4n) is 6.83. The van der Waals surface area contributed by atoms with Gasteiger partial charge < -0.3 is 14.2 Å². The lowest BCUT2D eigenvalue weighted by Crippen LogP contribution is -2.30. The molecule has 0 rings (SSSR count). The molecular formula is C59H96O6. The maximum absolute atomic E-state index is 12.8. The average molecular weight is 901 g/mol. The number of carbonyl (C=O) groups excluding carboxylic acids is 3. The Morgan fingerprint density at radius 2 is 0.631 bits per heavy atom. The highest BCUT2D eigenvalue weighted by atomic mass is 16.6. The molecule has 0 aromatic heterocycles. The van der Waals surface area contributed by atoms with Crippen molar-refractivity contribution in [2.24, 2.45) is 0 Å². The fourth-order valence-corrected chi connectivity index (χ4v) is 6.83. The van der Waals surface area contributed by atoms with Gasteiger partial charge in [0.1, 0.15) is 13.2 Å². The first-order valence-electron chi connectivity index (χ1n) is 26.4. The van der Waals surface area contributed by atoms with Crippen LogP contribution >= 0.6 is 0 Å². The molecule has 0 radical (unpaired) electrons. The lowest BCUT2D eigenvalue weighted by Gasteiger charge is -2.18. The van der Waals surface area contributed by atoms with E-state index >= 15 is 0 Å². The van der Waals surface area contributed by atoms with Gasteiger partial charge in [0.25, 0.3) is 0 Å². The average Bonchev–Trinajstić information content (AvgIpc) is 3.30. The number of hydrogen-bond acceptors (Lipinski definition) is 6. The van der Waals surface area contributed by atoms with Crippen molar-refractivity contribution in [3.8, 4) is 0 Å². The summed E-state index contributed by atoms with van der Waals surface area (Å²) in [6, 6.07) is 0. The summed E-state index contributed by atoms with van der Waals surface area (Å²) in [6.45, 7) is 6.39. The molecule has 0 saturated heterocycles. The van der Waals surface area contributed by atoms with Gasteiger partial charge in [-0.2, -0.15) is 0 Å². The largest absolute Gasteiger partial charge is 0.462 e. The molecule has 0 fully saturated rings. The van der Waals surface area contributed by atoms with Gasteiger partial charge in [-0.1, -0.05) is 220 Å². The molecule has 0 aliphatic heterocycles. The number of rotatable bonds is 46. The number of hydrogen-bond donors (Lipinski definition) is 0. The number of allylic oxidation sites excluding steroid dienone is 18. The Kier molecular flexibility index (Phi) is 49.5. The Balaban J connectivity index is 4.48. The molecule has 65 heavy (non-hydrogen) atoms. The van der Waals surface area contributed by atoms with Crippen LogP contribution in [0.15, 0.2) is 109 Å². The van der Waals surface area contributed by atoms with Gasteiger partial charge in [0.05, 0.1) is 0 Å². The predicted molar refractivity (Wildman–Crippen MR) is 279 cm³/mol. The Labute approximate surface area is 400 Å². The van der Waals surface area contributed by atoms with Crippen LogP contribution < -0.4 is 0 Å². The molecule has 0 aromatic rings. The normalized spacial score (nSPS) is 13.0. The Morgan fingerprint density at radius 3 is 1.06 bits per heavy atom. The van der Waals surface area contributed by atoms with Gasteiger partial charge in [-0.25, -0.2) is 0 Å². The van der Waals surface area contributed by atoms with Gasteiger partial charge in [-0.05, 0) is 96.3 Å². The van der Waals surface area contributed by atoms with Gasteiger partial charge in [0.2, 0.25) is 0 Å². The van der Waals surface area contributed by atoms with Crippen molar-refractivity contribution in [3.63, 3.8) is 0 Å². The van der Waals surface area contributed by atoms with E-state index in [4.69, 9.17) is 14.2 Å². The van der Waals surface area contributed by atoms with Crippen molar-refractivity contribution in [3.05, 3.63) is 109 Å². The summed E-state index contributed by atoms with van der Waals surface area (Å²) in [4.78, 5) is 37.9. The molecule has 368 valence electrons. The second-order valence-electron chi connectivity index (χ2n) is 17.1. The van der Waals surface area contributed by atoms with Crippen LogP contribution in [0.25, 0.3) is 0 Å². The van der Waals surface area contributed by atoms with Crippen molar-refractivity contribution in [1.29, 1.82) is 0 Å². The van der Waals surface area contributed by atoms with E-state index in [1.165, 1.54) is 77.0 Å². The van der Waals surface area contributed by atoms with Crippen molar-refractivity contribution in [2.45, 2.75) is 232 Å². The molecule has 0 amide bonds. The minimum atomic E-state index is -0.815. The van der Waals surface area contributed by atoms with Crippen LogP contribution in [-0.4, -0.2) is 37.2 Å². The van der Waals surface area contributed by atoms with Crippen LogP contribution in [0.3, 0.4) is 0 Å². The van der Waals surface area contributed by atoms with Gasteiger partial charge in [-0.15, -0.1) is 0 Å². The Morgan fingerprint density at radius 1 is 0.323 bits per heavy atom. The quantitative estimate of drug-likeness (QED) is 0.0262. The molecular weight excluding hydrogens is 805 g/mol. The van der Waals surface area contributed by atoms with Crippen LogP contribution in [0.1, 0.15) is 226 Å². The van der Waals surface area contributed by atoms with Gasteiger partial charge in [0, 0.05) is 19.3 Å². The highest BCUT2D eigenvalue weighted by molar-refractivity contribution is 5.71. The molecule has 0 aliphatic carbocycles. The Bertz CT molecular complexity index is 1360. The van der Waals surface area contributed by atoms with Gasteiger partial charge >= 0.3 is 17.9 Å². The minimum Gasteiger partial charge on any atom is -0.462 e. The molecule has 0 N–H and O–H groups in total. The van der Waals surface area contributed by atoms with Gasteiger partial charge in [-0.3, -0.25) is 14.4 Å². The SMILES string of the molecule is CC/C=C\C/C=C\C/C=C\C/C=C\C/C=C\C/C=C\CCC(=O)OC[C@@H](COC(=O)CCCCCCCCCCC)OC(=O)CCCCCCCC/C=C\C/C=C\C/C=C\CCCCC. The number of ether oxygens (including phenoxy) is 3. The van der Waals surface area contributed by atoms with E-state index in [0.29, 0.717) is 19.3 Å². The second kappa shape index (κ2) is 52.7.